The molecule has 0 saturated carbocycles. The summed E-state index contributed by atoms with van der Waals surface area (Å²) in [6.07, 6.45) is 8.21. The van der Waals surface area contributed by atoms with Crippen LogP contribution in [-0.4, -0.2) is 36.0 Å². The monoisotopic (exact) mass is 349 g/mol. The highest BCUT2D eigenvalue weighted by Crippen LogP contribution is 2.21. The Labute approximate surface area is 149 Å². The number of esters is 1. The van der Waals surface area contributed by atoms with Gasteiger partial charge in [0.15, 0.2) is 0 Å². The van der Waals surface area contributed by atoms with E-state index >= 15 is 0 Å². The van der Waals surface area contributed by atoms with Gasteiger partial charge in [0.2, 0.25) is 0 Å². The first kappa shape index (κ1) is 19.4. The van der Waals surface area contributed by atoms with Crippen LogP contribution in [0.1, 0.15) is 68.6 Å². The van der Waals surface area contributed by atoms with Gasteiger partial charge in [-0.05, 0) is 43.5 Å². The molecule has 1 aromatic rings. The SMILES string of the molecule is CCCCCCCCOC(=O)C1CCCN1C(=O)c1ccc(F)cc1. The van der Waals surface area contributed by atoms with Crippen molar-refractivity contribution in [2.24, 2.45) is 0 Å². The molecule has 0 radical (unpaired) electrons. The van der Waals surface area contributed by atoms with Crippen LogP contribution in [0, 0.1) is 5.82 Å². The third kappa shape index (κ3) is 5.83. The Kier molecular flexibility index (Phi) is 7.89. The second-order valence-corrected chi connectivity index (χ2v) is 6.60. The van der Waals surface area contributed by atoms with Crippen molar-refractivity contribution >= 4 is 11.9 Å². The molecule has 25 heavy (non-hydrogen) atoms. The number of hydrogen-bond donors (Lipinski definition) is 0. The van der Waals surface area contributed by atoms with Crippen LogP contribution >= 0.6 is 0 Å². The molecule has 1 amide bonds. The molecule has 1 atom stereocenters. The maximum Gasteiger partial charge on any atom is 0.328 e. The van der Waals surface area contributed by atoms with Gasteiger partial charge in [0, 0.05) is 12.1 Å². The molecule has 138 valence electrons. The Bertz CT molecular complexity index is 559. The number of carbonyl (C=O) groups is 2. The molecule has 0 spiro atoms. The van der Waals surface area contributed by atoms with Gasteiger partial charge in [-0.15, -0.1) is 0 Å². The summed E-state index contributed by atoms with van der Waals surface area (Å²) < 4.78 is 18.4. The van der Waals surface area contributed by atoms with Crippen molar-refractivity contribution in [3.63, 3.8) is 0 Å². The van der Waals surface area contributed by atoms with E-state index in [1.165, 1.54) is 49.9 Å². The molecule has 1 heterocycles. The molecule has 1 fully saturated rings. The molecule has 0 aliphatic carbocycles. The highest BCUT2D eigenvalue weighted by Gasteiger charge is 2.35. The minimum absolute atomic E-state index is 0.237. The van der Waals surface area contributed by atoms with Crippen LogP contribution in [0.3, 0.4) is 0 Å². The predicted octanol–water partition coefficient (Wildman–Crippen LogP) is 4.33. The maximum absolute atomic E-state index is 13.0. The number of nitrogens with zero attached hydrogens (tertiary/aromatic N) is 1. The minimum Gasteiger partial charge on any atom is -0.464 e. The highest BCUT2D eigenvalue weighted by atomic mass is 19.1. The fraction of sp³-hybridized carbons (Fsp3) is 0.600. The zero-order valence-corrected chi connectivity index (χ0v) is 15.0. The lowest BCUT2D eigenvalue weighted by Gasteiger charge is -2.23. The van der Waals surface area contributed by atoms with Crippen molar-refractivity contribution in [1.82, 2.24) is 4.90 Å². The number of likely N-dealkylation sites (tertiary alicyclic amines) is 1. The molecule has 1 unspecified atom stereocenters. The minimum atomic E-state index is -0.516. The number of amides is 1. The van der Waals surface area contributed by atoms with Crippen molar-refractivity contribution in [3.05, 3.63) is 35.6 Å². The summed E-state index contributed by atoms with van der Waals surface area (Å²) in [5, 5.41) is 0. The average molecular weight is 349 g/mol. The van der Waals surface area contributed by atoms with E-state index in [9.17, 15) is 14.0 Å². The Morgan fingerprint density at radius 1 is 1.12 bits per heavy atom. The lowest BCUT2D eigenvalue weighted by atomic mass is 10.1. The van der Waals surface area contributed by atoms with E-state index in [-0.39, 0.29) is 17.7 Å². The van der Waals surface area contributed by atoms with Crippen LogP contribution in [0.2, 0.25) is 0 Å². The zero-order valence-electron chi connectivity index (χ0n) is 15.0. The molecule has 1 aliphatic rings. The molecule has 4 nitrogen and oxygen atoms in total. The van der Waals surface area contributed by atoms with Crippen LogP contribution in [-0.2, 0) is 9.53 Å². The summed E-state index contributed by atoms with van der Waals surface area (Å²) in [4.78, 5) is 26.4. The van der Waals surface area contributed by atoms with Crippen LogP contribution in [0.5, 0.6) is 0 Å². The first-order chi connectivity index (χ1) is 12.1. The van der Waals surface area contributed by atoms with Crippen molar-refractivity contribution in [3.8, 4) is 0 Å². The van der Waals surface area contributed by atoms with Gasteiger partial charge >= 0.3 is 5.97 Å². The summed E-state index contributed by atoms with van der Waals surface area (Å²) in [7, 11) is 0. The molecule has 1 saturated heterocycles. The topological polar surface area (TPSA) is 46.6 Å². The van der Waals surface area contributed by atoms with E-state index in [4.69, 9.17) is 4.74 Å². The van der Waals surface area contributed by atoms with Crippen LogP contribution in [0.4, 0.5) is 4.39 Å². The molecular weight excluding hydrogens is 321 g/mol. The average Bonchev–Trinajstić information content (AvgIpc) is 3.10. The third-order valence-corrected chi connectivity index (χ3v) is 4.62. The Balaban J connectivity index is 1.78. The second-order valence-electron chi connectivity index (χ2n) is 6.60. The molecule has 0 N–H and O–H groups in total. The molecule has 5 heteroatoms. The Hall–Kier alpha value is -1.91. The quantitative estimate of drug-likeness (QED) is 0.492. The molecule has 0 aromatic heterocycles. The molecule has 1 aromatic carbocycles. The van der Waals surface area contributed by atoms with Gasteiger partial charge in [-0.1, -0.05) is 39.0 Å². The van der Waals surface area contributed by atoms with Gasteiger partial charge in [-0.2, -0.15) is 0 Å². The van der Waals surface area contributed by atoms with E-state index in [0.717, 1.165) is 19.3 Å². The molecular formula is C20H28FNO3. The van der Waals surface area contributed by atoms with Crippen LogP contribution in [0.25, 0.3) is 0 Å². The first-order valence-corrected chi connectivity index (χ1v) is 9.36. The Morgan fingerprint density at radius 3 is 2.52 bits per heavy atom. The van der Waals surface area contributed by atoms with Crippen molar-refractivity contribution < 1.29 is 18.7 Å². The van der Waals surface area contributed by atoms with Gasteiger partial charge in [0.25, 0.3) is 5.91 Å². The van der Waals surface area contributed by atoms with Crippen molar-refractivity contribution in [2.75, 3.05) is 13.2 Å². The maximum atomic E-state index is 13.0. The summed E-state index contributed by atoms with van der Waals surface area (Å²) in [5.74, 6) is -0.937. The second kappa shape index (κ2) is 10.2. The smallest absolute Gasteiger partial charge is 0.328 e. The summed E-state index contributed by atoms with van der Waals surface area (Å²) in [6, 6.07) is 4.91. The normalized spacial score (nSPS) is 16.9. The standard InChI is InChI=1S/C20H28FNO3/c1-2-3-4-5-6-7-15-25-20(24)18-9-8-14-22(18)19(23)16-10-12-17(21)13-11-16/h10-13,18H,2-9,14-15H2,1H3. The van der Waals surface area contributed by atoms with E-state index < -0.39 is 6.04 Å². The lowest BCUT2D eigenvalue weighted by molar-refractivity contribution is -0.148. The fourth-order valence-corrected chi connectivity index (χ4v) is 3.16. The van der Waals surface area contributed by atoms with Crippen LogP contribution < -0.4 is 0 Å². The number of rotatable bonds is 9. The molecule has 0 bridgehead atoms. The van der Waals surface area contributed by atoms with Gasteiger partial charge in [0.05, 0.1) is 6.61 Å². The highest BCUT2D eigenvalue weighted by molar-refractivity contribution is 5.97. The number of halogens is 1. The van der Waals surface area contributed by atoms with Crippen molar-refractivity contribution in [1.29, 1.82) is 0 Å². The number of ether oxygens (including phenoxy) is 1. The van der Waals surface area contributed by atoms with Gasteiger partial charge in [-0.25, -0.2) is 9.18 Å². The van der Waals surface area contributed by atoms with Gasteiger partial charge in [-0.3, -0.25) is 4.79 Å². The third-order valence-electron chi connectivity index (χ3n) is 4.62. The summed E-state index contributed by atoms with van der Waals surface area (Å²) in [5.41, 5.74) is 0.400. The van der Waals surface area contributed by atoms with Crippen LogP contribution in [0.15, 0.2) is 24.3 Å². The van der Waals surface area contributed by atoms with E-state index in [1.54, 1.807) is 4.90 Å². The summed E-state index contributed by atoms with van der Waals surface area (Å²) in [6.45, 7) is 3.13. The number of carbonyl (C=O) groups excluding carboxylic acids is 2. The van der Waals surface area contributed by atoms with Gasteiger partial charge in [0.1, 0.15) is 11.9 Å². The fourth-order valence-electron chi connectivity index (χ4n) is 3.16. The summed E-state index contributed by atoms with van der Waals surface area (Å²) >= 11 is 0. The van der Waals surface area contributed by atoms with Crippen molar-refractivity contribution in [2.45, 2.75) is 64.3 Å². The van der Waals surface area contributed by atoms with Gasteiger partial charge < -0.3 is 9.64 Å². The lowest BCUT2D eigenvalue weighted by Crippen LogP contribution is -2.41. The molecule has 1 aliphatic heterocycles. The first-order valence-electron chi connectivity index (χ1n) is 9.36. The number of unbranched alkanes of at least 4 members (excludes halogenated alkanes) is 5. The molecule has 2 rings (SSSR count). The van der Waals surface area contributed by atoms with E-state index in [0.29, 0.717) is 25.1 Å². The zero-order chi connectivity index (χ0) is 18.1. The van der Waals surface area contributed by atoms with E-state index in [2.05, 4.69) is 6.92 Å². The predicted molar refractivity (Wildman–Crippen MR) is 94.8 cm³/mol. The number of hydrogen-bond acceptors (Lipinski definition) is 3. The largest absolute Gasteiger partial charge is 0.464 e. The number of benzene rings is 1. The van der Waals surface area contributed by atoms with E-state index in [1.807, 2.05) is 0 Å². The Morgan fingerprint density at radius 2 is 1.80 bits per heavy atom.